The number of hydrogen-bond donors (Lipinski definition) is 4. The lowest BCUT2D eigenvalue weighted by Gasteiger charge is -2.20. The zero-order chi connectivity index (χ0) is 9.90. The lowest BCUT2D eigenvalue weighted by Crippen LogP contribution is -2.53. The third kappa shape index (κ3) is 3.41. The molecular weight excluding hydrogens is 236 g/mol. The van der Waals surface area contributed by atoms with Gasteiger partial charge in [0.15, 0.2) is 5.85 Å². The molecule has 4 nitrogen and oxygen atoms in total. The fraction of sp³-hybridized carbons (Fsp3) is 0.250. The van der Waals surface area contributed by atoms with Crippen molar-refractivity contribution >= 4 is 15.9 Å². The highest BCUT2D eigenvalue weighted by atomic mass is 79.9. The molecule has 72 valence electrons. The first-order chi connectivity index (χ1) is 6.03. The molecule has 0 saturated heterocycles. The van der Waals surface area contributed by atoms with Crippen molar-refractivity contribution in [1.29, 1.82) is 0 Å². The summed E-state index contributed by atoms with van der Waals surface area (Å²) >= 11 is 3.28. The van der Waals surface area contributed by atoms with E-state index in [1.54, 1.807) is 17.6 Å². The summed E-state index contributed by atoms with van der Waals surface area (Å²) in [6.07, 6.45) is 0.136. The van der Waals surface area contributed by atoms with Crippen LogP contribution >= 0.6 is 15.9 Å². The van der Waals surface area contributed by atoms with E-state index < -0.39 is 5.85 Å². The lowest BCUT2D eigenvalue weighted by molar-refractivity contribution is -0.0881. The summed E-state index contributed by atoms with van der Waals surface area (Å²) in [6, 6.07) is 7.28. The molecule has 1 aromatic rings. The van der Waals surface area contributed by atoms with Gasteiger partial charge in [0.1, 0.15) is 0 Å². The molecule has 0 unspecified atom stereocenters. The van der Waals surface area contributed by atoms with E-state index in [4.69, 9.17) is 10.9 Å². The molecule has 0 aromatic heterocycles. The van der Waals surface area contributed by atoms with Gasteiger partial charge in [0.2, 0.25) is 0 Å². The second-order valence-corrected chi connectivity index (χ2v) is 3.75. The molecule has 0 fully saturated rings. The predicted molar refractivity (Wildman–Crippen MR) is 51.9 cm³/mol. The fourth-order valence-electron chi connectivity index (χ4n) is 0.953. The van der Waals surface area contributed by atoms with Crippen LogP contribution in [-0.4, -0.2) is 16.2 Å². The van der Waals surface area contributed by atoms with Crippen LogP contribution in [0.5, 0.6) is 0 Å². The van der Waals surface area contributed by atoms with Crippen LogP contribution < -0.4 is 11.2 Å². The van der Waals surface area contributed by atoms with Crippen molar-refractivity contribution in [2.45, 2.75) is 12.3 Å². The Morgan fingerprint density at radius 1 is 1.38 bits per heavy atom. The Morgan fingerprint density at radius 2 is 1.92 bits per heavy atom. The van der Waals surface area contributed by atoms with E-state index >= 15 is 0 Å². The second kappa shape index (κ2) is 4.17. The zero-order valence-electron chi connectivity index (χ0n) is 6.87. The van der Waals surface area contributed by atoms with Crippen molar-refractivity contribution in [3.05, 3.63) is 34.3 Å². The minimum atomic E-state index is -1.77. The monoisotopic (exact) mass is 246 g/mol. The highest BCUT2D eigenvalue weighted by Crippen LogP contribution is 2.12. The van der Waals surface area contributed by atoms with E-state index in [1.807, 2.05) is 12.1 Å². The Bertz CT molecular complexity index is 274. The topological polar surface area (TPSA) is 78.5 Å². The number of aliphatic hydroxyl groups is 1. The smallest absolute Gasteiger partial charge is 0.195 e. The molecule has 1 aromatic carbocycles. The van der Waals surface area contributed by atoms with Gasteiger partial charge in [-0.2, -0.15) is 5.48 Å². The summed E-state index contributed by atoms with van der Waals surface area (Å²) in [5.41, 5.74) is 7.72. The number of hydroxylamine groups is 1. The summed E-state index contributed by atoms with van der Waals surface area (Å²) in [5.74, 6) is -1.77. The van der Waals surface area contributed by atoms with Gasteiger partial charge in [0.05, 0.1) is 0 Å². The van der Waals surface area contributed by atoms with Gasteiger partial charge in [-0.15, -0.1) is 0 Å². The average molecular weight is 247 g/mol. The Hall–Kier alpha value is -0.460. The molecule has 0 amide bonds. The first-order valence-corrected chi connectivity index (χ1v) is 4.50. The van der Waals surface area contributed by atoms with Crippen LogP contribution in [0, 0.1) is 0 Å². The van der Waals surface area contributed by atoms with Crippen molar-refractivity contribution in [2.24, 2.45) is 5.73 Å². The molecule has 0 spiro atoms. The van der Waals surface area contributed by atoms with Crippen molar-refractivity contribution < 1.29 is 10.3 Å². The molecule has 1 atom stereocenters. The molecule has 0 saturated carbocycles. The van der Waals surface area contributed by atoms with Crippen LogP contribution in [0.15, 0.2) is 28.7 Å². The number of benzene rings is 1. The van der Waals surface area contributed by atoms with Crippen LogP contribution in [0.1, 0.15) is 5.56 Å². The van der Waals surface area contributed by atoms with Gasteiger partial charge in [-0.05, 0) is 17.7 Å². The zero-order valence-corrected chi connectivity index (χ0v) is 8.45. The van der Waals surface area contributed by atoms with Crippen LogP contribution in [0.4, 0.5) is 0 Å². The molecule has 0 aliphatic carbocycles. The molecular formula is C8H11BrN2O2. The van der Waals surface area contributed by atoms with Gasteiger partial charge in [-0.25, -0.2) is 0 Å². The number of nitrogens with one attached hydrogen (secondary N) is 1. The predicted octanol–water partition coefficient (Wildman–Crippen LogP) is 0.575. The molecule has 0 aliphatic heterocycles. The van der Waals surface area contributed by atoms with E-state index in [-0.39, 0.29) is 6.42 Å². The van der Waals surface area contributed by atoms with Crippen molar-refractivity contribution in [2.75, 3.05) is 0 Å². The van der Waals surface area contributed by atoms with E-state index in [9.17, 15) is 5.11 Å². The SMILES string of the molecule is N[C@@](O)(Cc1ccc(Br)cc1)NO. The van der Waals surface area contributed by atoms with Gasteiger partial charge >= 0.3 is 0 Å². The maximum absolute atomic E-state index is 9.25. The van der Waals surface area contributed by atoms with Gasteiger partial charge in [-0.3, -0.25) is 5.73 Å². The number of hydrogen-bond acceptors (Lipinski definition) is 4. The van der Waals surface area contributed by atoms with Crippen molar-refractivity contribution in [3.8, 4) is 0 Å². The fourth-order valence-corrected chi connectivity index (χ4v) is 1.22. The Labute approximate surface area is 84.5 Å². The van der Waals surface area contributed by atoms with Gasteiger partial charge in [0.25, 0.3) is 0 Å². The van der Waals surface area contributed by atoms with Crippen LogP contribution in [0.3, 0.4) is 0 Å². The van der Waals surface area contributed by atoms with E-state index in [1.165, 1.54) is 0 Å². The first kappa shape index (κ1) is 10.6. The lowest BCUT2D eigenvalue weighted by atomic mass is 10.1. The third-order valence-corrected chi connectivity index (χ3v) is 2.11. The highest BCUT2D eigenvalue weighted by Gasteiger charge is 2.19. The Kier molecular flexibility index (Phi) is 3.40. The van der Waals surface area contributed by atoms with Gasteiger partial charge < -0.3 is 10.3 Å². The Morgan fingerprint density at radius 3 is 2.38 bits per heavy atom. The van der Waals surface area contributed by atoms with E-state index in [0.29, 0.717) is 0 Å². The minimum absolute atomic E-state index is 0.136. The van der Waals surface area contributed by atoms with Crippen LogP contribution in [0.25, 0.3) is 0 Å². The summed E-state index contributed by atoms with van der Waals surface area (Å²) in [5, 5.41) is 17.7. The maximum Gasteiger partial charge on any atom is 0.195 e. The summed E-state index contributed by atoms with van der Waals surface area (Å²) in [4.78, 5) is 0. The first-order valence-electron chi connectivity index (χ1n) is 3.70. The quantitative estimate of drug-likeness (QED) is 0.465. The van der Waals surface area contributed by atoms with Crippen molar-refractivity contribution in [3.63, 3.8) is 0 Å². The molecule has 0 radical (unpaired) electrons. The van der Waals surface area contributed by atoms with E-state index in [0.717, 1.165) is 10.0 Å². The number of halogens is 1. The summed E-state index contributed by atoms with van der Waals surface area (Å²) < 4.78 is 0.953. The maximum atomic E-state index is 9.25. The molecule has 0 bridgehead atoms. The largest absolute Gasteiger partial charge is 0.361 e. The second-order valence-electron chi connectivity index (χ2n) is 2.84. The van der Waals surface area contributed by atoms with Gasteiger partial charge in [0, 0.05) is 10.9 Å². The normalized spacial score (nSPS) is 15.4. The minimum Gasteiger partial charge on any atom is -0.361 e. The highest BCUT2D eigenvalue weighted by molar-refractivity contribution is 9.10. The molecule has 0 heterocycles. The molecule has 5 N–H and O–H groups in total. The summed E-state index contributed by atoms with van der Waals surface area (Å²) in [7, 11) is 0. The van der Waals surface area contributed by atoms with Crippen LogP contribution in [0.2, 0.25) is 0 Å². The van der Waals surface area contributed by atoms with E-state index in [2.05, 4.69) is 15.9 Å². The number of rotatable bonds is 3. The molecule has 1 rings (SSSR count). The molecule has 0 aliphatic rings. The molecule has 13 heavy (non-hydrogen) atoms. The van der Waals surface area contributed by atoms with Crippen molar-refractivity contribution in [1.82, 2.24) is 5.48 Å². The van der Waals surface area contributed by atoms with Crippen LogP contribution in [-0.2, 0) is 6.42 Å². The third-order valence-electron chi connectivity index (χ3n) is 1.58. The standard InChI is InChI=1S/C8H11BrN2O2/c9-7-3-1-6(2-4-7)5-8(10,12)11-13/h1-4,11-13H,5,10H2/t8-/m0/s1. The molecule has 5 heteroatoms. The summed E-state index contributed by atoms with van der Waals surface area (Å²) in [6.45, 7) is 0. The number of nitrogens with two attached hydrogens (primary N) is 1. The Balaban J connectivity index is 2.69. The average Bonchev–Trinajstić information content (AvgIpc) is 2.09. The van der Waals surface area contributed by atoms with Gasteiger partial charge in [-0.1, -0.05) is 28.1 Å².